The quantitative estimate of drug-likeness (QED) is 0.804. The number of benzene rings is 1. The van der Waals surface area contributed by atoms with Crippen LogP contribution in [0.5, 0.6) is 0 Å². The molecule has 0 aliphatic rings. The summed E-state index contributed by atoms with van der Waals surface area (Å²) in [5.41, 5.74) is 1.66. The highest BCUT2D eigenvalue weighted by atomic mass is 32.1. The molecule has 5 nitrogen and oxygen atoms in total. The third-order valence-electron chi connectivity index (χ3n) is 3.17. The first-order chi connectivity index (χ1) is 9.56. The van der Waals surface area contributed by atoms with E-state index in [1.807, 2.05) is 30.7 Å². The molecule has 3 rings (SSSR count). The van der Waals surface area contributed by atoms with Crippen molar-refractivity contribution in [3.8, 4) is 0 Å². The lowest BCUT2D eigenvalue weighted by Gasteiger charge is -2.06. The Morgan fingerprint density at radius 3 is 2.85 bits per heavy atom. The van der Waals surface area contributed by atoms with Gasteiger partial charge in [-0.1, -0.05) is 6.07 Å². The molecule has 0 fully saturated rings. The van der Waals surface area contributed by atoms with Gasteiger partial charge < -0.3 is 9.67 Å². The largest absolute Gasteiger partial charge is 0.478 e. The Morgan fingerprint density at radius 1 is 1.40 bits per heavy atom. The Kier molecular flexibility index (Phi) is 3.02. The van der Waals surface area contributed by atoms with E-state index >= 15 is 0 Å². The second kappa shape index (κ2) is 4.72. The third-order valence-corrected chi connectivity index (χ3v) is 4.07. The van der Waals surface area contributed by atoms with Crippen molar-refractivity contribution < 1.29 is 9.90 Å². The zero-order valence-electron chi connectivity index (χ0n) is 11.1. The predicted octanol–water partition coefficient (Wildman–Crippen LogP) is 2.86. The molecular weight excluding hydrogens is 274 g/mol. The number of imidazole rings is 1. The van der Waals surface area contributed by atoms with Crippen LogP contribution in [0.25, 0.3) is 11.0 Å². The topological polar surface area (TPSA) is 68.0 Å². The van der Waals surface area contributed by atoms with E-state index in [2.05, 4.69) is 9.97 Å². The molecule has 0 bridgehead atoms. The van der Waals surface area contributed by atoms with Crippen LogP contribution in [0.2, 0.25) is 0 Å². The van der Waals surface area contributed by atoms with E-state index in [0.29, 0.717) is 17.6 Å². The zero-order chi connectivity index (χ0) is 14.3. The van der Waals surface area contributed by atoms with E-state index in [1.165, 1.54) is 0 Å². The van der Waals surface area contributed by atoms with Gasteiger partial charge >= 0.3 is 5.97 Å². The van der Waals surface area contributed by atoms with Crippen LogP contribution < -0.4 is 0 Å². The van der Waals surface area contributed by atoms with Gasteiger partial charge in [0.15, 0.2) is 0 Å². The van der Waals surface area contributed by atoms with Crippen molar-refractivity contribution in [1.29, 1.82) is 0 Å². The molecule has 2 heterocycles. The number of para-hydroxylation sites is 1. The molecule has 0 aliphatic carbocycles. The summed E-state index contributed by atoms with van der Waals surface area (Å²) in [5.74, 6) is -0.128. The number of carboxylic acid groups (broad SMARTS) is 1. The highest BCUT2D eigenvalue weighted by molar-refractivity contribution is 7.11. The number of thiazole rings is 1. The normalized spacial score (nSPS) is 11.1. The summed E-state index contributed by atoms with van der Waals surface area (Å²) in [6.07, 6.45) is 1.83. The molecule has 0 amide bonds. The summed E-state index contributed by atoms with van der Waals surface area (Å²) in [5, 5.41) is 10.3. The molecular formula is C14H13N3O2S. The summed E-state index contributed by atoms with van der Waals surface area (Å²) >= 11 is 1.61. The Balaban J connectivity index is 2.18. The second-order valence-electron chi connectivity index (χ2n) is 4.57. The minimum absolute atomic E-state index is 0.282. The Morgan fingerprint density at radius 2 is 2.20 bits per heavy atom. The van der Waals surface area contributed by atoms with Crippen LogP contribution >= 0.6 is 11.3 Å². The lowest BCUT2D eigenvalue weighted by Crippen LogP contribution is -2.05. The maximum Gasteiger partial charge on any atom is 0.337 e. The number of aryl methyl sites for hydroxylation is 2. The van der Waals surface area contributed by atoms with Gasteiger partial charge in [0, 0.05) is 11.1 Å². The van der Waals surface area contributed by atoms with E-state index < -0.39 is 5.97 Å². The predicted molar refractivity (Wildman–Crippen MR) is 77.4 cm³/mol. The molecule has 1 N–H and O–H groups in total. The van der Waals surface area contributed by atoms with Crippen molar-refractivity contribution >= 4 is 28.3 Å². The van der Waals surface area contributed by atoms with Gasteiger partial charge in [-0.25, -0.2) is 14.8 Å². The van der Waals surface area contributed by atoms with Gasteiger partial charge in [-0.15, -0.1) is 11.3 Å². The maximum atomic E-state index is 11.4. The Labute approximate surface area is 119 Å². The molecule has 1 aromatic carbocycles. The first kappa shape index (κ1) is 12.8. The Hall–Kier alpha value is -2.21. The highest BCUT2D eigenvalue weighted by Crippen LogP contribution is 2.23. The minimum Gasteiger partial charge on any atom is -0.478 e. The number of fused-ring (bicyclic) bond motifs is 1. The summed E-state index contributed by atoms with van der Waals surface area (Å²) in [7, 11) is 0. The number of rotatable bonds is 3. The smallest absolute Gasteiger partial charge is 0.337 e. The molecule has 2 aromatic heterocycles. The molecule has 3 aromatic rings. The van der Waals surface area contributed by atoms with Crippen LogP contribution in [0.15, 0.2) is 24.4 Å². The van der Waals surface area contributed by atoms with Gasteiger partial charge in [-0.2, -0.15) is 0 Å². The van der Waals surface area contributed by atoms with Crippen molar-refractivity contribution in [3.05, 3.63) is 45.7 Å². The summed E-state index contributed by atoms with van der Waals surface area (Å²) < 4.78 is 1.94. The fraction of sp³-hybridized carbons (Fsp3) is 0.214. The molecule has 0 saturated carbocycles. The van der Waals surface area contributed by atoms with E-state index in [1.54, 1.807) is 23.5 Å². The SMILES string of the molecule is Cc1ncc(Cn2c(C)nc3cccc(C(=O)O)c32)s1. The van der Waals surface area contributed by atoms with Gasteiger partial charge in [0.05, 0.1) is 28.1 Å². The molecule has 0 saturated heterocycles. The molecule has 0 aliphatic heterocycles. The van der Waals surface area contributed by atoms with Crippen LogP contribution in [0, 0.1) is 13.8 Å². The number of nitrogens with zero attached hydrogens (tertiary/aromatic N) is 3. The van der Waals surface area contributed by atoms with Crippen molar-refractivity contribution in [3.63, 3.8) is 0 Å². The number of aromatic nitrogens is 3. The first-order valence-corrected chi connectivity index (χ1v) is 6.98. The molecule has 6 heteroatoms. The van der Waals surface area contributed by atoms with Crippen LogP contribution in [0.3, 0.4) is 0 Å². The van der Waals surface area contributed by atoms with E-state index in [-0.39, 0.29) is 5.56 Å². The number of hydrogen-bond donors (Lipinski definition) is 1. The van der Waals surface area contributed by atoms with E-state index in [0.717, 1.165) is 15.7 Å². The third kappa shape index (κ3) is 2.08. The van der Waals surface area contributed by atoms with Crippen LogP contribution in [0.1, 0.15) is 26.1 Å². The van der Waals surface area contributed by atoms with Crippen molar-refractivity contribution in [2.75, 3.05) is 0 Å². The van der Waals surface area contributed by atoms with Crippen LogP contribution in [-0.4, -0.2) is 25.6 Å². The molecule has 20 heavy (non-hydrogen) atoms. The summed E-state index contributed by atoms with van der Waals surface area (Å²) in [4.78, 5) is 21.1. The zero-order valence-corrected chi connectivity index (χ0v) is 11.9. The van der Waals surface area contributed by atoms with E-state index in [9.17, 15) is 9.90 Å². The van der Waals surface area contributed by atoms with Crippen molar-refractivity contribution in [2.24, 2.45) is 0 Å². The lowest BCUT2D eigenvalue weighted by atomic mass is 10.2. The summed E-state index contributed by atoms with van der Waals surface area (Å²) in [6, 6.07) is 5.17. The molecule has 0 atom stereocenters. The van der Waals surface area contributed by atoms with Gasteiger partial charge in [-0.05, 0) is 26.0 Å². The molecule has 0 radical (unpaired) electrons. The maximum absolute atomic E-state index is 11.4. The van der Waals surface area contributed by atoms with Crippen LogP contribution in [-0.2, 0) is 6.54 Å². The van der Waals surface area contributed by atoms with Crippen LogP contribution in [0.4, 0.5) is 0 Å². The van der Waals surface area contributed by atoms with Gasteiger partial charge in [0.2, 0.25) is 0 Å². The second-order valence-corrected chi connectivity index (χ2v) is 5.89. The molecule has 0 unspecified atom stereocenters. The van der Waals surface area contributed by atoms with Crippen molar-refractivity contribution in [1.82, 2.24) is 14.5 Å². The van der Waals surface area contributed by atoms with Gasteiger partial charge in [-0.3, -0.25) is 0 Å². The van der Waals surface area contributed by atoms with Crippen molar-refractivity contribution in [2.45, 2.75) is 20.4 Å². The summed E-state index contributed by atoms with van der Waals surface area (Å²) in [6.45, 7) is 4.44. The lowest BCUT2D eigenvalue weighted by molar-refractivity contribution is 0.0698. The fourth-order valence-electron chi connectivity index (χ4n) is 2.30. The first-order valence-electron chi connectivity index (χ1n) is 6.16. The Bertz CT molecular complexity index is 804. The van der Waals surface area contributed by atoms with Gasteiger partial charge in [0.25, 0.3) is 0 Å². The molecule has 0 spiro atoms. The highest BCUT2D eigenvalue weighted by Gasteiger charge is 2.16. The average molecular weight is 287 g/mol. The minimum atomic E-state index is -0.933. The average Bonchev–Trinajstić information content (AvgIpc) is 2.94. The fourth-order valence-corrected chi connectivity index (χ4v) is 3.09. The molecule has 102 valence electrons. The number of carbonyl (C=O) groups is 1. The van der Waals surface area contributed by atoms with Gasteiger partial charge in [0.1, 0.15) is 5.82 Å². The standard InChI is InChI=1S/C14H13N3O2S/c1-8-16-12-5-3-4-11(14(18)19)13(12)17(8)7-10-6-15-9(2)20-10/h3-6H,7H2,1-2H3,(H,18,19). The monoisotopic (exact) mass is 287 g/mol. The number of carboxylic acids is 1. The van der Waals surface area contributed by atoms with E-state index in [4.69, 9.17) is 0 Å². The number of hydrogen-bond acceptors (Lipinski definition) is 4. The number of aromatic carboxylic acids is 1.